The number of hydroxylamine groups is 1. The number of hydrogen-bond acceptors (Lipinski definition) is 12. The number of azo groups is 1. The second kappa shape index (κ2) is 12.7. The lowest BCUT2D eigenvalue weighted by atomic mass is 10.0. The number of ether oxygens (including phenoxy) is 1. The summed E-state index contributed by atoms with van der Waals surface area (Å²) >= 11 is 0.689. The minimum atomic E-state index is -5.00. The van der Waals surface area contributed by atoms with E-state index in [1.54, 1.807) is 32.9 Å². The van der Waals surface area contributed by atoms with Crippen LogP contribution in [0.4, 0.5) is 25.3 Å². The highest BCUT2D eigenvalue weighted by Crippen LogP contribution is 2.39. The van der Waals surface area contributed by atoms with Crippen molar-refractivity contribution in [1.29, 1.82) is 0 Å². The topological polar surface area (TPSA) is 158 Å². The van der Waals surface area contributed by atoms with Gasteiger partial charge in [0, 0.05) is 6.07 Å². The summed E-state index contributed by atoms with van der Waals surface area (Å²) in [5.74, 6) is -1.64. The molecule has 3 rings (SSSR count). The first-order chi connectivity index (χ1) is 18.9. The zero-order valence-corrected chi connectivity index (χ0v) is 23.5. The SMILES string of the molecule is CCOC(=O)c1cc([N+](=O)[O-])sc1N=Nc1ccc(N(CC)OC(=O)c2cccc(S(=O)(=O)F)c2)c(CC)c1C. The van der Waals surface area contributed by atoms with E-state index in [4.69, 9.17) is 9.57 Å². The van der Waals surface area contributed by atoms with E-state index in [9.17, 15) is 32.0 Å². The number of carbonyl (C=O) groups excluding carboxylic acids is 2. The number of esters is 1. The van der Waals surface area contributed by atoms with E-state index < -0.39 is 32.0 Å². The Hall–Kier alpha value is -4.24. The van der Waals surface area contributed by atoms with Crippen LogP contribution >= 0.6 is 11.3 Å². The van der Waals surface area contributed by atoms with Crippen molar-refractivity contribution >= 4 is 54.9 Å². The molecular formula is C25H25FN4O8S2. The van der Waals surface area contributed by atoms with E-state index >= 15 is 0 Å². The standard InChI is InChI=1S/C25H25FN4O8S2/c1-5-18-15(4)20(27-28-23-19(25(32)37-7-3)14-22(39-23)30(33)34)11-12-21(18)29(6-2)38-24(31)16-9-8-10-17(13-16)40(26,35)36/h8-14H,5-7H2,1-4H3. The van der Waals surface area contributed by atoms with Gasteiger partial charge in [0.1, 0.15) is 5.56 Å². The zero-order valence-electron chi connectivity index (χ0n) is 21.9. The molecule has 2 aromatic carbocycles. The van der Waals surface area contributed by atoms with Gasteiger partial charge in [-0.1, -0.05) is 13.0 Å². The van der Waals surface area contributed by atoms with E-state index in [2.05, 4.69) is 10.2 Å². The number of halogens is 1. The average molecular weight is 593 g/mol. The fourth-order valence-corrected chi connectivity index (χ4v) is 5.01. The molecule has 0 unspecified atom stereocenters. The maximum absolute atomic E-state index is 13.4. The van der Waals surface area contributed by atoms with E-state index in [0.717, 1.165) is 23.8 Å². The number of nitro groups is 1. The molecule has 0 fully saturated rings. The summed E-state index contributed by atoms with van der Waals surface area (Å²) in [6.45, 7) is 7.29. The molecule has 0 spiro atoms. The Kier molecular flexibility index (Phi) is 9.65. The minimum absolute atomic E-state index is 0.0216. The Balaban J connectivity index is 1.93. The molecule has 1 aromatic heterocycles. The number of nitrogens with zero attached hydrogens (tertiary/aromatic N) is 4. The molecule has 0 aliphatic carbocycles. The van der Waals surface area contributed by atoms with Gasteiger partial charge in [0.05, 0.1) is 39.9 Å². The molecule has 40 heavy (non-hydrogen) atoms. The third kappa shape index (κ3) is 6.84. The zero-order chi connectivity index (χ0) is 29.6. The molecule has 0 aliphatic rings. The van der Waals surface area contributed by atoms with Gasteiger partial charge in [-0.05, 0) is 80.0 Å². The summed E-state index contributed by atoms with van der Waals surface area (Å²) in [6, 6.07) is 8.79. The molecule has 1 heterocycles. The molecule has 0 aliphatic heterocycles. The summed E-state index contributed by atoms with van der Waals surface area (Å²) < 4.78 is 40.8. The van der Waals surface area contributed by atoms with Gasteiger partial charge < -0.3 is 9.57 Å². The molecule has 0 N–H and O–H groups in total. The van der Waals surface area contributed by atoms with Gasteiger partial charge in [-0.25, -0.2) is 14.7 Å². The van der Waals surface area contributed by atoms with Gasteiger partial charge in [-0.15, -0.1) is 14.1 Å². The third-order valence-electron chi connectivity index (χ3n) is 5.62. The lowest BCUT2D eigenvalue weighted by Gasteiger charge is -2.25. The van der Waals surface area contributed by atoms with Crippen LogP contribution in [0.1, 0.15) is 52.6 Å². The Labute approximate surface area is 233 Å². The van der Waals surface area contributed by atoms with E-state index in [0.29, 0.717) is 34.7 Å². The Morgan fingerprint density at radius 2 is 1.82 bits per heavy atom. The largest absolute Gasteiger partial charge is 0.462 e. The number of carbonyl (C=O) groups is 2. The molecular weight excluding hydrogens is 567 g/mol. The van der Waals surface area contributed by atoms with Crippen LogP contribution in [0.5, 0.6) is 0 Å². The van der Waals surface area contributed by atoms with Gasteiger partial charge in [0.25, 0.3) is 0 Å². The first kappa shape index (κ1) is 30.3. The monoisotopic (exact) mass is 592 g/mol. The quantitative estimate of drug-likeness (QED) is 0.0810. The number of thiophene rings is 1. The van der Waals surface area contributed by atoms with Gasteiger partial charge in [-0.2, -0.15) is 8.42 Å². The maximum Gasteiger partial charge on any atom is 0.363 e. The van der Waals surface area contributed by atoms with Crippen molar-refractivity contribution in [3.63, 3.8) is 0 Å². The number of benzene rings is 2. The highest BCUT2D eigenvalue weighted by atomic mass is 32.3. The highest BCUT2D eigenvalue weighted by Gasteiger charge is 2.24. The molecule has 0 amide bonds. The second-order valence-corrected chi connectivity index (χ2v) is 10.4. The van der Waals surface area contributed by atoms with Crippen molar-refractivity contribution in [2.24, 2.45) is 10.2 Å². The van der Waals surface area contributed by atoms with Crippen LogP contribution in [0.2, 0.25) is 0 Å². The molecule has 0 saturated heterocycles. The lowest BCUT2D eigenvalue weighted by molar-refractivity contribution is -0.380. The Morgan fingerprint density at radius 1 is 1.10 bits per heavy atom. The summed E-state index contributed by atoms with van der Waals surface area (Å²) in [5, 5.41) is 20.6. The molecule has 3 aromatic rings. The van der Waals surface area contributed by atoms with Crippen LogP contribution in [0.25, 0.3) is 0 Å². The third-order valence-corrected chi connectivity index (χ3v) is 7.41. The van der Waals surface area contributed by atoms with Crippen molar-refractivity contribution < 1.29 is 36.4 Å². The lowest BCUT2D eigenvalue weighted by Crippen LogP contribution is -2.28. The molecule has 12 nitrogen and oxygen atoms in total. The summed E-state index contributed by atoms with van der Waals surface area (Å²) in [5.41, 5.74) is 2.14. The van der Waals surface area contributed by atoms with Crippen LogP contribution in [0, 0.1) is 17.0 Å². The van der Waals surface area contributed by atoms with Crippen LogP contribution in [0.15, 0.2) is 57.6 Å². The highest BCUT2D eigenvalue weighted by molar-refractivity contribution is 7.86. The summed E-state index contributed by atoms with van der Waals surface area (Å²) in [4.78, 5) is 40.5. The predicted molar refractivity (Wildman–Crippen MR) is 145 cm³/mol. The van der Waals surface area contributed by atoms with E-state index in [1.165, 1.54) is 17.2 Å². The van der Waals surface area contributed by atoms with Crippen molar-refractivity contribution in [2.45, 2.75) is 39.0 Å². The molecule has 0 saturated carbocycles. The molecule has 0 atom stereocenters. The first-order valence-corrected chi connectivity index (χ1v) is 14.1. The van der Waals surface area contributed by atoms with Crippen molar-refractivity contribution in [1.82, 2.24) is 0 Å². The van der Waals surface area contributed by atoms with Crippen molar-refractivity contribution in [3.05, 3.63) is 74.8 Å². The van der Waals surface area contributed by atoms with Crippen LogP contribution in [-0.2, 0) is 26.2 Å². The summed E-state index contributed by atoms with van der Waals surface area (Å²) in [7, 11) is -5.00. The van der Waals surface area contributed by atoms with Crippen LogP contribution in [-0.4, -0.2) is 38.4 Å². The van der Waals surface area contributed by atoms with Crippen molar-refractivity contribution in [2.75, 3.05) is 18.2 Å². The maximum atomic E-state index is 13.4. The molecule has 0 radical (unpaired) electrons. The van der Waals surface area contributed by atoms with Gasteiger partial charge in [0.15, 0.2) is 5.00 Å². The fraction of sp³-hybridized carbons (Fsp3) is 0.280. The van der Waals surface area contributed by atoms with E-state index in [1.807, 2.05) is 6.92 Å². The number of hydrogen-bond donors (Lipinski definition) is 0. The average Bonchev–Trinajstić information content (AvgIpc) is 3.35. The number of rotatable bonds is 11. The van der Waals surface area contributed by atoms with Crippen LogP contribution < -0.4 is 5.06 Å². The molecule has 212 valence electrons. The van der Waals surface area contributed by atoms with Gasteiger partial charge in [0.2, 0.25) is 0 Å². The summed E-state index contributed by atoms with van der Waals surface area (Å²) in [6.07, 6.45) is 0.493. The fourth-order valence-electron chi connectivity index (χ4n) is 3.72. The first-order valence-electron chi connectivity index (χ1n) is 11.9. The Bertz CT molecular complexity index is 1590. The van der Waals surface area contributed by atoms with Gasteiger partial charge >= 0.3 is 27.2 Å². The molecule has 15 heteroatoms. The van der Waals surface area contributed by atoms with E-state index in [-0.39, 0.29) is 34.3 Å². The van der Waals surface area contributed by atoms with Crippen LogP contribution in [0.3, 0.4) is 0 Å². The number of anilines is 1. The predicted octanol–water partition coefficient (Wildman–Crippen LogP) is 6.38. The Morgan fingerprint density at radius 3 is 2.42 bits per heavy atom. The van der Waals surface area contributed by atoms with Crippen molar-refractivity contribution in [3.8, 4) is 0 Å². The van der Waals surface area contributed by atoms with Gasteiger partial charge in [-0.3, -0.25) is 10.1 Å². The smallest absolute Gasteiger partial charge is 0.363 e. The second-order valence-electron chi connectivity index (χ2n) is 8.08. The normalized spacial score (nSPS) is 11.4. The molecule has 0 bridgehead atoms. The minimum Gasteiger partial charge on any atom is -0.462 e.